The topological polar surface area (TPSA) is 101 Å². The van der Waals surface area contributed by atoms with Gasteiger partial charge in [0, 0.05) is 18.8 Å². The van der Waals surface area contributed by atoms with Gasteiger partial charge in [-0.15, -0.1) is 10.2 Å². The van der Waals surface area contributed by atoms with Gasteiger partial charge in [0.2, 0.25) is 0 Å². The van der Waals surface area contributed by atoms with Gasteiger partial charge in [-0.1, -0.05) is 30.3 Å². The molecule has 0 aliphatic heterocycles. The van der Waals surface area contributed by atoms with Crippen LogP contribution in [0.4, 0.5) is 5.82 Å². The number of pyridine rings is 2. The van der Waals surface area contributed by atoms with Crippen LogP contribution >= 0.6 is 0 Å². The van der Waals surface area contributed by atoms with Crippen LogP contribution in [0.3, 0.4) is 0 Å². The van der Waals surface area contributed by atoms with E-state index in [1.807, 2.05) is 42.5 Å². The van der Waals surface area contributed by atoms with E-state index < -0.39 is 0 Å². The second kappa shape index (κ2) is 6.27. The Morgan fingerprint density at radius 3 is 2.61 bits per heavy atom. The maximum atomic E-state index is 10.9. The van der Waals surface area contributed by atoms with E-state index in [4.69, 9.17) is 4.98 Å². The standard InChI is InChI=1S/C20H15N7O/c1-21-19-18(28)16(20-26-25-15-8-5-11-22-27(15)20)17-14(24-19)10-9-13(23-17)12-6-3-2-4-7-12/h2-11,28H,1H3,(H,21,24). The predicted octanol–water partition coefficient (Wildman–Crippen LogP) is 3.15. The fraction of sp³-hybridized carbons (Fsp3) is 0.0500. The minimum Gasteiger partial charge on any atom is -0.504 e. The summed E-state index contributed by atoms with van der Waals surface area (Å²) in [5.41, 5.74) is 3.90. The van der Waals surface area contributed by atoms with Crippen LogP contribution in [0.15, 0.2) is 60.8 Å². The highest BCUT2D eigenvalue weighted by molar-refractivity contribution is 5.97. The number of anilines is 1. The monoisotopic (exact) mass is 369 g/mol. The summed E-state index contributed by atoms with van der Waals surface area (Å²) in [6, 6.07) is 17.2. The van der Waals surface area contributed by atoms with Crippen LogP contribution in [-0.4, -0.2) is 41.9 Å². The molecule has 0 unspecified atom stereocenters. The normalized spacial score (nSPS) is 11.2. The maximum Gasteiger partial charge on any atom is 0.191 e. The lowest BCUT2D eigenvalue weighted by atomic mass is 10.1. The number of aromatic hydroxyl groups is 1. The van der Waals surface area contributed by atoms with Crippen molar-refractivity contribution in [1.29, 1.82) is 0 Å². The SMILES string of the molecule is CNc1nc2ccc(-c3ccccc3)nc2c(-c2nnc3cccnn23)c1O. The summed E-state index contributed by atoms with van der Waals surface area (Å²) in [6.07, 6.45) is 1.64. The van der Waals surface area contributed by atoms with Crippen LogP contribution in [0.5, 0.6) is 5.75 Å². The summed E-state index contributed by atoms with van der Waals surface area (Å²) in [5.74, 6) is 0.687. The van der Waals surface area contributed by atoms with Gasteiger partial charge >= 0.3 is 0 Å². The molecule has 5 aromatic rings. The molecule has 28 heavy (non-hydrogen) atoms. The Morgan fingerprint density at radius 1 is 0.929 bits per heavy atom. The Labute approximate surface area is 159 Å². The number of benzene rings is 1. The van der Waals surface area contributed by atoms with Crippen molar-refractivity contribution in [3.05, 3.63) is 60.8 Å². The van der Waals surface area contributed by atoms with Gasteiger partial charge in [0.05, 0.1) is 16.8 Å². The third kappa shape index (κ3) is 2.43. The Balaban J connectivity index is 1.86. The second-order valence-electron chi connectivity index (χ2n) is 6.18. The van der Waals surface area contributed by atoms with Crippen LogP contribution < -0.4 is 5.32 Å². The molecule has 0 amide bonds. The molecular weight excluding hydrogens is 354 g/mol. The second-order valence-corrected chi connectivity index (χ2v) is 6.18. The molecule has 0 saturated heterocycles. The molecule has 136 valence electrons. The molecule has 2 N–H and O–H groups in total. The molecule has 0 atom stereocenters. The highest BCUT2D eigenvalue weighted by Crippen LogP contribution is 2.39. The molecule has 0 fully saturated rings. The molecule has 0 radical (unpaired) electrons. The van der Waals surface area contributed by atoms with E-state index in [0.29, 0.717) is 33.9 Å². The van der Waals surface area contributed by atoms with Crippen LogP contribution in [-0.2, 0) is 0 Å². The first-order valence-corrected chi connectivity index (χ1v) is 8.70. The average Bonchev–Trinajstić information content (AvgIpc) is 3.17. The number of nitrogens with zero attached hydrogens (tertiary/aromatic N) is 6. The van der Waals surface area contributed by atoms with E-state index in [2.05, 4.69) is 25.6 Å². The average molecular weight is 369 g/mol. The van der Waals surface area contributed by atoms with Crippen molar-refractivity contribution in [2.45, 2.75) is 0 Å². The summed E-state index contributed by atoms with van der Waals surface area (Å²) < 4.78 is 1.57. The molecule has 8 nitrogen and oxygen atoms in total. The molecule has 5 rings (SSSR count). The van der Waals surface area contributed by atoms with Crippen LogP contribution in [0.2, 0.25) is 0 Å². The molecule has 4 aromatic heterocycles. The van der Waals surface area contributed by atoms with Crippen molar-refractivity contribution in [1.82, 2.24) is 29.8 Å². The smallest absolute Gasteiger partial charge is 0.191 e. The Hall–Kier alpha value is -4.07. The first-order chi connectivity index (χ1) is 13.8. The summed E-state index contributed by atoms with van der Waals surface area (Å²) in [5, 5.41) is 26.5. The first kappa shape index (κ1) is 16.1. The molecule has 0 aliphatic rings. The number of rotatable bonds is 3. The zero-order valence-corrected chi connectivity index (χ0v) is 14.9. The molecule has 8 heteroatoms. The molecule has 4 heterocycles. The predicted molar refractivity (Wildman–Crippen MR) is 106 cm³/mol. The van der Waals surface area contributed by atoms with Crippen LogP contribution in [0.25, 0.3) is 39.3 Å². The third-order valence-electron chi connectivity index (χ3n) is 4.51. The van der Waals surface area contributed by atoms with Crippen molar-refractivity contribution >= 4 is 22.5 Å². The molecule has 0 bridgehead atoms. The van der Waals surface area contributed by atoms with E-state index in [0.717, 1.165) is 11.3 Å². The Kier molecular flexibility index (Phi) is 3.61. The maximum absolute atomic E-state index is 10.9. The number of aromatic nitrogens is 6. The van der Waals surface area contributed by atoms with Crippen molar-refractivity contribution in [3.63, 3.8) is 0 Å². The molecule has 1 aromatic carbocycles. The van der Waals surface area contributed by atoms with Crippen molar-refractivity contribution in [2.24, 2.45) is 0 Å². The van der Waals surface area contributed by atoms with Crippen LogP contribution in [0.1, 0.15) is 0 Å². The quantitative estimate of drug-likeness (QED) is 0.504. The summed E-state index contributed by atoms with van der Waals surface area (Å²) >= 11 is 0. The molecular formula is C20H15N7O. The van der Waals surface area contributed by atoms with E-state index in [9.17, 15) is 5.11 Å². The van der Waals surface area contributed by atoms with Crippen LogP contribution in [0, 0.1) is 0 Å². The Bertz CT molecular complexity index is 1310. The van der Waals surface area contributed by atoms with Gasteiger partial charge in [0.25, 0.3) is 0 Å². The summed E-state index contributed by atoms with van der Waals surface area (Å²) in [4.78, 5) is 9.26. The minimum absolute atomic E-state index is 0.0485. The van der Waals surface area contributed by atoms with Gasteiger partial charge < -0.3 is 10.4 Å². The first-order valence-electron chi connectivity index (χ1n) is 8.70. The lowest BCUT2D eigenvalue weighted by molar-refractivity contribution is 0.477. The van der Waals surface area contributed by atoms with E-state index in [1.54, 1.807) is 29.9 Å². The van der Waals surface area contributed by atoms with Crippen molar-refractivity contribution in [3.8, 4) is 28.4 Å². The lowest BCUT2D eigenvalue weighted by Gasteiger charge is -2.12. The van der Waals surface area contributed by atoms with Gasteiger partial charge in [-0.2, -0.15) is 9.61 Å². The molecule has 0 saturated carbocycles. The Morgan fingerprint density at radius 2 is 1.79 bits per heavy atom. The van der Waals surface area contributed by atoms with E-state index in [-0.39, 0.29) is 5.75 Å². The van der Waals surface area contributed by atoms with Gasteiger partial charge in [-0.3, -0.25) is 0 Å². The van der Waals surface area contributed by atoms with Gasteiger partial charge in [-0.25, -0.2) is 9.97 Å². The number of fused-ring (bicyclic) bond motifs is 2. The van der Waals surface area contributed by atoms with Crippen molar-refractivity contribution in [2.75, 3.05) is 12.4 Å². The largest absolute Gasteiger partial charge is 0.504 e. The zero-order chi connectivity index (χ0) is 19.1. The minimum atomic E-state index is -0.0485. The van der Waals surface area contributed by atoms with E-state index in [1.165, 1.54) is 0 Å². The summed E-state index contributed by atoms with van der Waals surface area (Å²) in [7, 11) is 1.70. The van der Waals surface area contributed by atoms with Gasteiger partial charge in [-0.05, 0) is 24.3 Å². The third-order valence-corrected chi connectivity index (χ3v) is 4.51. The lowest BCUT2D eigenvalue weighted by Crippen LogP contribution is -2.01. The summed E-state index contributed by atoms with van der Waals surface area (Å²) in [6.45, 7) is 0. The number of nitrogens with one attached hydrogen (secondary N) is 1. The molecule has 0 aliphatic carbocycles. The fourth-order valence-electron chi connectivity index (χ4n) is 3.19. The fourth-order valence-corrected chi connectivity index (χ4v) is 3.19. The molecule has 0 spiro atoms. The van der Waals surface area contributed by atoms with Crippen molar-refractivity contribution < 1.29 is 5.11 Å². The number of hydrogen-bond donors (Lipinski definition) is 2. The number of hydrogen-bond acceptors (Lipinski definition) is 7. The highest BCUT2D eigenvalue weighted by atomic mass is 16.3. The van der Waals surface area contributed by atoms with Gasteiger partial charge in [0.1, 0.15) is 5.52 Å². The zero-order valence-electron chi connectivity index (χ0n) is 14.9. The highest BCUT2D eigenvalue weighted by Gasteiger charge is 2.22. The van der Waals surface area contributed by atoms with Gasteiger partial charge in [0.15, 0.2) is 23.0 Å². The van der Waals surface area contributed by atoms with E-state index >= 15 is 0 Å².